The summed E-state index contributed by atoms with van der Waals surface area (Å²) >= 11 is 0. The minimum absolute atomic E-state index is 0.330. The maximum absolute atomic E-state index is 5.86. The molecular weight excluding hydrogens is 230 g/mol. The van der Waals surface area contributed by atoms with Gasteiger partial charge in [-0.3, -0.25) is 0 Å². The van der Waals surface area contributed by atoms with E-state index in [0.29, 0.717) is 5.95 Å². The lowest BCUT2D eigenvalue weighted by Gasteiger charge is -2.10. The first-order chi connectivity index (χ1) is 8.83. The molecule has 2 aromatic rings. The number of ether oxygens (including phenoxy) is 1. The first kappa shape index (κ1) is 10.1. The van der Waals surface area contributed by atoms with E-state index in [1.165, 1.54) is 24.0 Å². The van der Waals surface area contributed by atoms with Gasteiger partial charge in [0, 0.05) is 11.1 Å². The molecule has 2 aliphatic carbocycles. The topological polar surface area (TPSA) is 78.3 Å². The number of nitrogens with zero attached hydrogens (tertiary/aromatic N) is 4. The average molecular weight is 245 g/mol. The first-order valence-electron chi connectivity index (χ1n) is 6.48. The van der Waals surface area contributed by atoms with Crippen molar-refractivity contribution >= 4 is 11.6 Å². The van der Waals surface area contributed by atoms with Gasteiger partial charge in [0.05, 0.1) is 6.61 Å². The predicted molar refractivity (Wildman–Crippen MR) is 65.4 cm³/mol. The van der Waals surface area contributed by atoms with Gasteiger partial charge >= 0.3 is 0 Å². The van der Waals surface area contributed by atoms with Gasteiger partial charge in [0.2, 0.25) is 11.8 Å². The minimum atomic E-state index is 0.330. The highest BCUT2D eigenvalue weighted by molar-refractivity contribution is 5.57. The summed E-state index contributed by atoms with van der Waals surface area (Å²) in [5, 5.41) is 12.5. The number of aryl methyl sites for hydroxylation is 1. The molecule has 0 spiro atoms. The third-order valence-corrected chi connectivity index (χ3v) is 3.75. The molecule has 0 saturated heterocycles. The summed E-state index contributed by atoms with van der Waals surface area (Å²) in [6.07, 6.45) is 5.71. The van der Waals surface area contributed by atoms with Gasteiger partial charge in [-0.25, -0.2) is 0 Å². The minimum Gasteiger partial charge on any atom is -0.476 e. The third kappa shape index (κ3) is 1.45. The summed E-state index contributed by atoms with van der Waals surface area (Å²) in [6, 6.07) is 0. The Morgan fingerprint density at radius 1 is 1.22 bits per heavy atom. The fourth-order valence-corrected chi connectivity index (χ4v) is 2.55. The van der Waals surface area contributed by atoms with Crippen molar-refractivity contribution < 1.29 is 4.74 Å². The Morgan fingerprint density at radius 3 is 2.89 bits per heavy atom. The zero-order valence-electron chi connectivity index (χ0n) is 10.1. The number of rotatable bonds is 3. The lowest BCUT2D eigenvalue weighted by Crippen LogP contribution is -2.08. The van der Waals surface area contributed by atoms with E-state index in [9.17, 15) is 0 Å². The summed E-state index contributed by atoms with van der Waals surface area (Å²) in [5.74, 6) is 1.78. The van der Waals surface area contributed by atoms with E-state index in [1.54, 1.807) is 4.52 Å². The molecule has 6 heteroatoms. The molecule has 0 amide bonds. The van der Waals surface area contributed by atoms with Gasteiger partial charge in [0.25, 0.3) is 0 Å². The molecule has 0 unspecified atom stereocenters. The number of hydrogen-bond donors (Lipinski definition) is 1. The lowest BCUT2D eigenvalue weighted by molar-refractivity contribution is 0.281. The Labute approximate surface area is 104 Å². The molecule has 2 N–H and O–H groups in total. The van der Waals surface area contributed by atoms with Crippen LogP contribution in [0, 0.1) is 5.92 Å². The predicted octanol–water partition coefficient (Wildman–Crippen LogP) is 0.984. The van der Waals surface area contributed by atoms with E-state index in [1.807, 2.05) is 0 Å². The monoisotopic (exact) mass is 245 g/mol. The molecule has 1 saturated carbocycles. The van der Waals surface area contributed by atoms with Crippen molar-refractivity contribution in [3.8, 4) is 5.88 Å². The normalized spacial score (nSPS) is 18.2. The molecule has 4 rings (SSSR count). The Bertz CT molecular complexity index is 616. The standard InChI is InChI=1S/C12H15N5O/c13-12-15-14-10-8-2-1-3-9(8)11(16-17(10)12)18-6-7-4-5-7/h7H,1-6H2,(H2,13,15). The number of fused-ring (bicyclic) bond motifs is 3. The summed E-state index contributed by atoms with van der Waals surface area (Å²) in [5.41, 5.74) is 8.98. The fourth-order valence-electron chi connectivity index (χ4n) is 2.55. The summed E-state index contributed by atoms with van der Waals surface area (Å²) in [7, 11) is 0. The molecule has 2 aromatic heterocycles. The zero-order chi connectivity index (χ0) is 12.1. The number of aromatic nitrogens is 4. The van der Waals surface area contributed by atoms with Gasteiger partial charge in [-0.05, 0) is 38.0 Å². The average Bonchev–Trinajstić information content (AvgIpc) is 2.94. The van der Waals surface area contributed by atoms with Crippen LogP contribution in [-0.2, 0) is 12.8 Å². The van der Waals surface area contributed by atoms with Gasteiger partial charge in [-0.1, -0.05) is 0 Å². The van der Waals surface area contributed by atoms with Crippen molar-refractivity contribution in [1.29, 1.82) is 0 Å². The Hall–Kier alpha value is -1.85. The van der Waals surface area contributed by atoms with Crippen LogP contribution in [0.15, 0.2) is 0 Å². The molecule has 18 heavy (non-hydrogen) atoms. The molecular formula is C12H15N5O. The van der Waals surface area contributed by atoms with Crippen molar-refractivity contribution in [3.63, 3.8) is 0 Å². The van der Waals surface area contributed by atoms with E-state index < -0.39 is 0 Å². The maximum Gasteiger partial charge on any atom is 0.243 e. The number of nitrogen functional groups attached to an aromatic ring is 1. The second-order valence-electron chi connectivity index (χ2n) is 5.16. The molecule has 0 aliphatic heterocycles. The third-order valence-electron chi connectivity index (χ3n) is 3.75. The van der Waals surface area contributed by atoms with E-state index in [4.69, 9.17) is 10.5 Å². The summed E-state index contributed by atoms with van der Waals surface area (Å²) in [4.78, 5) is 0. The molecule has 2 aliphatic rings. The highest BCUT2D eigenvalue weighted by atomic mass is 16.5. The van der Waals surface area contributed by atoms with Crippen LogP contribution in [0.2, 0.25) is 0 Å². The Morgan fingerprint density at radius 2 is 2.06 bits per heavy atom. The van der Waals surface area contributed by atoms with Gasteiger partial charge < -0.3 is 10.5 Å². The van der Waals surface area contributed by atoms with Crippen molar-refractivity contribution in [2.45, 2.75) is 32.1 Å². The van der Waals surface area contributed by atoms with Crippen molar-refractivity contribution in [3.05, 3.63) is 11.1 Å². The number of anilines is 1. The van der Waals surface area contributed by atoms with Gasteiger partial charge in [0.1, 0.15) is 0 Å². The van der Waals surface area contributed by atoms with Crippen LogP contribution >= 0.6 is 0 Å². The molecule has 0 atom stereocenters. The fraction of sp³-hybridized carbons (Fsp3) is 0.583. The highest BCUT2D eigenvalue weighted by Gasteiger charge is 2.26. The van der Waals surface area contributed by atoms with Crippen LogP contribution in [0.5, 0.6) is 5.88 Å². The molecule has 0 aromatic carbocycles. The second kappa shape index (κ2) is 3.57. The highest BCUT2D eigenvalue weighted by Crippen LogP contribution is 2.34. The van der Waals surface area contributed by atoms with Gasteiger partial charge in [-0.2, -0.15) is 4.52 Å². The van der Waals surface area contributed by atoms with Crippen LogP contribution in [0.4, 0.5) is 5.95 Å². The number of hydrogen-bond acceptors (Lipinski definition) is 5. The zero-order valence-corrected chi connectivity index (χ0v) is 10.1. The van der Waals surface area contributed by atoms with Crippen LogP contribution in [0.25, 0.3) is 5.65 Å². The van der Waals surface area contributed by atoms with E-state index >= 15 is 0 Å². The van der Waals surface area contributed by atoms with Crippen LogP contribution < -0.4 is 10.5 Å². The second-order valence-corrected chi connectivity index (χ2v) is 5.16. The largest absolute Gasteiger partial charge is 0.476 e. The lowest BCUT2D eigenvalue weighted by atomic mass is 10.2. The van der Waals surface area contributed by atoms with Gasteiger partial charge in [0.15, 0.2) is 5.65 Å². The SMILES string of the molecule is Nc1nnc2c3c(c(OCC4CC4)nn12)CCC3. The van der Waals surface area contributed by atoms with Crippen LogP contribution in [-0.4, -0.2) is 26.4 Å². The Balaban J connectivity index is 1.82. The molecule has 1 fully saturated rings. The van der Waals surface area contributed by atoms with Crippen LogP contribution in [0.3, 0.4) is 0 Å². The van der Waals surface area contributed by atoms with Crippen molar-refractivity contribution in [2.24, 2.45) is 5.92 Å². The summed E-state index contributed by atoms with van der Waals surface area (Å²) < 4.78 is 7.47. The molecule has 0 bridgehead atoms. The molecule has 6 nitrogen and oxygen atoms in total. The number of nitrogens with two attached hydrogens (primary N) is 1. The quantitative estimate of drug-likeness (QED) is 0.872. The van der Waals surface area contributed by atoms with E-state index in [-0.39, 0.29) is 0 Å². The molecule has 2 heterocycles. The molecule has 94 valence electrons. The smallest absolute Gasteiger partial charge is 0.243 e. The Kier molecular flexibility index (Phi) is 2.00. The first-order valence-corrected chi connectivity index (χ1v) is 6.48. The molecule has 0 radical (unpaired) electrons. The van der Waals surface area contributed by atoms with Crippen LogP contribution in [0.1, 0.15) is 30.4 Å². The van der Waals surface area contributed by atoms with E-state index in [0.717, 1.165) is 43.3 Å². The van der Waals surface area contributed by atoms with Crippen molar-refractivity contribution in [1.82, 2.24) is 19.8 Å². The van der Waals surface area contributed by atoms with E-state index in [2.05, 4.69) is 15.3 Å². The van der Waals surface area contributed by atoms with Crippen molar-refractivity contribution in [2.75, 3.05) is 12.3 Å². The maximum atomic E-state index is 5.86. The summed E-state index contributed by atoms with van der Waals surface area (Å²) in [6.45, 7) is 0.771. The van der Waals surface area contributed by atoms with Gasteiger partial charge in [-0.15, -0.1) is 15.3 Å².